The number of nitrogens with two attached hydrogens (primary N) is 1. The molecule has 1 saturated carbocycles. The second-order valence-corrected chi connectivity index (χ2v) is 4.96. The minimum absolute atomic E-state index is 0.186. The molecule has 0 radical (unpaired) electrons. The average molecular weight is 274 g/mol. The number of hydrogen-bond donors (Lipinski definition) is 2. The van der Waals surface area contributed by atoms with E-state index in [-0.39, 0.29) is 6.61 Å². The van der Waals surface area contributed by atoms with Crippen LogP contribution in [0.25, 0.3) is 0 Å². The van der Waals surface area contributed by atoms with Gasteiger partial charge in [0.25, 0.3) is 0 Å². The molecule has 0 aromatic heterocycles. The lowest BCUT2D eigenvalue weighted by Gasteiger charge is -2.22. The Morgan fingerprint density at radius 1 is 1.45 bits per heavy atom. The Balaban J connectivity index is 2.18. The van der Waals surface area contributed by atoms with E-state index < -0.39 is 0 Å². The molecule has 0 atom stereocenters. The Kier molecular flexibility index (Phi) is 5.42. The van der Waals surface area contributed by atoms with Crippen molar-refractivity contribution < 1.29 is 9.84 Å². The Hall–Kier alpha value is -1.54. The first kappa shape index (κ1) is 14.9. The van der Waals surface area contributed by atoms with Gasteiger partial charge in [-0.15, -0.1) is 0 Å². The molecule has 1 fully saturated rings. The van der Waals surface area contributed by atoms with Crippen molar-refractivity contribution >= 4 is 0 Å². The van der Waals surface area contributed by atoms with Crippen LogP contribution in [0.4, 0.5) is 0 Å². The summed E-state index contributed by atoms with van der Waals surface area (Å²) < 4.78 is 5.42. The zero-order chi connectivity index (χ0) is 14.4. The molecule has 1 aromatic carbocycles. The molecule has 3 N–H and O–H groups in total. The van der Waals surface area contributed by atoms with Gasteiger partial charge in [-0.3, -0.25) is 4.90 Å². The lowest BCUT2D eigenvalue weighted by atomic mass is 10.1. The van der Waals surface area contributed by atoms with E-state index in [1.165, 1.54) is 12.8 Å². The predicted molar refractivity (Wildman–Crippen MR) is 79.4 cm³/mol. The second kappa shape index (κ2) is 7.30. The summed E-state index contributed by atoms with van der Waals surface area (Å²) in [6, 6.07) is 6.54. The molecule has 0 unspecified atom stereocenters. The van der Waals surface area contributed by atoms with Crippen LogP contribution in [0.2, 0.25) is 0 Å². The molecule has 0 heterocycles. The molecule has 20 heavy (non-hydrogen) atoms. The Labute approximate surface area is 120 Å². The molecule has 2 rings (SSSR count). The van der Waals surface area contributed by atoms with Crippen molar-refractivity contribution in [2.45, 2.75) is 25.4 Å². The molecule has 0 amide bonds. The van der Waals surface area contributed by atoms with E-state index in [1.807, 2.05) is 18.2 Å². The largest absolute Gasteiger partial charge is 0.496 e. The monoisotopic (exact) mass is 274 g/mol. The van der Waals surface area contributed by atoms with Gasteiger partial charge in [-0.1, -0.05) is 11.8 Å². The van der Waals surface area contributed by atoms with Crippen molar-refractivity contribution in [3.8, 4) is 17.6 Å². The SMILES string of the molecule is COc1ccc(C#CCN)cc1CN(CCO)C1CC1. The number of benzene rings is 1. The molecule has 0 aliphatic heterocycles. The first-order chi connectivity index (χ1) is 9.78. The highest BCUT2D eigenvalue weighted by atomic mass is 16.5. The highest BCUT2D eigenvalue weighted by molar-refractivity contribution is 5.44. The number of nitrogens with zero attached hydrogens (tertiary/aromatic N) is 1. The Morgan fingerprint density at radius 3 is 2.85 bits per heavy atom. The van der Waals surface area contributed by atoms with Crippen LogP contribution in [-0.2, 0) is 6.54 Å². The maximum Gasteiger partial charge on any atom is 0.123 e. The highest BCUT2D eigenvalue weighted by Crippen LogP contribution is 2.30. The van der Waals surface area contributed by atoms with Crippen molar-refractivity contribution in [1.82, 2.24) is 4.90 Å². The molecule has 4 heteroatoms. The smallest absolute Gasteiger partial charge is 0.123 e. The fourth-order valence-electron chi connectivity index (χ4n) is 2.31. The summed E-state index contributed by atoms with van der Waals surface area (Å²) in [7, 11) is 1.68. The highest BCUT2D eigenvalue weighted by Gasteiger charge is 2.29. The summed E-state index contributed by atoms with van der Waals surface area (Å²) in [5.74, 6) is 6.78. The summed E-state index contributed by atoms with van der Waals surface area (Å²) in [6.45, 7) is 2.03. The van der Waals surface area contributed by atoms with E-state index in [4.69, 9.17) is 10.5 Å². The normalized spacial score (nSPS) is 14.0. The van der Waals surface area contributed by atoms with Gasteiger partial charge in [-0.25, -0.2) is 0 Å². The maximum atomic E-state index is 9.18. The van der Waals surface area contributed by atoms with E-state index in [0.29, 0.717) is 19.1 Å². The zero-order valence-electron chi connectivity index (χ0n) is 11.9. The van der Waals surface area contributed by atoms with Crippen LogP contribution in [0.1, 0.15) is 24.0 Å². The molecular weight excluding hydrogens is 252 g/mol. The summed E-state index contributed by atoms with van der Waals surface area (Å²) in [5, 5.41) is 9.18. The summed E-state index contributed by atoms with van der Waals surface area (Å²) in [5.41, 5.74) is 7.46. The number of aliphatic hydroxyl groups is 1. The van der Waals surface area contributed by atoms with Crippen LogP contribution in [0.5, 0.6) is 5.75 Å². The second-order valence-electron chi connectivity index (χ2n) is 4.96. The van der Waals surface area contributed by atoms with E-state index in [2.05, 4.69) is 16.7 Å². The van der Waals surface area contributed by atoms with Crippen molar-refractivity contribution in [3.63, 3.8) is 0 Å². The van der Waals surface area contributed by atoms with Crippen molar-refractivity contribution in [2.75, 3.05) is 26.8 Å². The van der Waals surface area contributed by atoms with Crippen LogP contribution in [-0.4, -0.2) is 42.9 Å². The fourth-order valence-corrected chi connectivity index (χ4v) is 2.31. The van der Waals surface area contributed by atoms with Gasteiger partial charge in [-0.2, -0.15) is 0 Å². The van der Waals surface area contributed by atoms with Gasteiger partial charge < -0.3 is 15.6 Å². The summed E-state index contributed by atoms with van der Waals surface area (Å²) >= 11 is 0. The van der Waals surface area contributed by atoms with E-state index >= 15 is 0 Å². The van der Waals surface area contributed by atoms with Crippen LogP contribution < -0.4 is 10.5 Å². The molecule has 1 aromatic rings. The third-order valence-electron chi connectivity index (χ3n) is 3.44. The Morgan fingerprint density at radius 2 is 2.25 bits per heavy atom. The number of hydrogen-bond acceptors (Lipinski definition) is 4. The summed E-state index contributed by atoms with van der Waals surface area (Å²) in [6.07, 6.45) is 2.43. The van der Waals surface area contributed by atoms with E-state index in [0.717, 1.165) is 23.4 Å². The van der Waals surface area contributed by atoms with Gasteiger partial charge in [0, 0.05) is 30.3 Å². The standard InChI is InChI=1S/C16H22N2O2/c1-20-16-7-4-13(3-2-8-17)11-14(16)12-18(9-10-19)15-5-6-15/h4,7,11,15,19H,5-6,8-10,12,17H2,1H3. The van der Waals surface area contributed by atoms with Crippen LogP contribution in [0.3, 0.4) is 0 Å². The molecule has 1 aliphatic carbocycles. The fraction of sp³-hybridized carbons (Fsp3) is 0.500. The number of rotatable bonds is 6. The minimum Gasteiger partial charge on any atom is -0.496 e. The van der Waals surface area contributed by atoms with Gasteiger partial charge in [0.05, 0.1) is 20.3 Å². The Bertz CT molecular complexity index is 501. The molecule has 0 bridgehead atoms. The first-order valence-corrected chi connectivity index (χ1v) is 6.99. The lowest BCUT2D eigenvalue weighted by Crippen LogP contribution is -2.28. The van der Waals surface area contributed by atoms with Crippen molar-refractivity contribution in [2.24, 2.45) is 5.73 Å². The van der Waals surface area contributed by atoms with Gasteiger partial charge in [-0.05, 0) is 31.0 Å². The van der Waals surface area contributed by atoms with Gasteiger partial charge in [0.15, 0.2) is 0 Å². The first-order valence-electron chi connectivity index (χ1n) is 6.99. The van der Waals surface area contributed by atoms with Gasteiger partial charge in [0.2, 0.25) is 0 Å². The zero-order valence-corrected chi connectivity index (χ0v) is 11.9. The molecule has 108 valence electrons. The lowest BCUT2D eigenvalue weighted by molar-refractivity contribution is 0.182. The topological polar surface area (TPSA) is 58.7 Å². The number of aliphatic hydroxyl groups excluding tert-OH is 1. The third-order valence-corrected chi connectivity index (χ3v) is 3.44. The van der Waals surface area contributed by atoms with Crippen LogP contribution in [0, 0.1) is 11.8 Å². The minimum atomic E-state index is 0.186. The van der Waals surface area contributed by atoms with Gasteiger partial charge >= 0.3 is 0 Å². The summed E-state index contributed by atoms with van der Waals surface area (Å²) in [4.78, 5) is 2.30. The van der Waals surface area contributed by atoms with Gasteiger partial charge in [0.1, 0.15) is 5.75 Å². The van der Waals surface area contributed by atoms with E-state index in [9.17, 15) is 5.11 Å². The molecule has 0 saturated heterocycles. The van der Waals surface area contributed by atoms with Crippen LogP contribution >= 0.6 is 0 Å². The average Bonchev–Trinajstić information content (AvgIpc) is 3.29. The molecule has 4 nitrogen and oxygen atoms in total. The molecule has 0 spiro atoms. The van der Waals surface area contributed by atoms with Crippen LogP contribution in [0.15, 0.2) is 18.2 Å². The maximum absolute atomic E-state index is 9.18. The number of ether oxygens (including phenoxy) is 1. The van der Waals surface area contributed by atoms with Crippen molar-refractivity contribution in [3.05, 3.63) is 29.3 Å². The van der Waals surface area contributed by atoms with E-state index in [1.54, 1.807) is 7.11 Å². The van der Waals surface area contributed by atoms with Crippen molar-refractivity contribution in [1.29, 1.82) is 0 Å². The molecule has 1 aliphatic rings. The number of methoxy groups -OCH3 is 1. The quantitative estimate of drug-likeness (QED) is 0.759. The third kappa shape index (κ3) is 3.97. The predicted octanol–water partition coefficient (Wildman–Crippen LogP) is 0.962. The molecular formula is C16H22N2O2.